The third kappa shape index (κ3) is 5.19. The number of hydrogen-bond acceptors (Lipinski definition) is 5. The Balaban J connectivity index is 1.38. The Morgan fingerprint density at radius 1 is 0.966 bits per heavy atom. The number of likely N-dealkylation sites (tertiary alicyclic amines) is 1. The van der Waals surface area contributed by atoms with Gasteiger partial charge in [-0.3, -0.25) is 9.47 Å². The zero-order valence-corrected chi connectivity index (χ0v) is 17.8. The van der Waals surface area contributed by atoms with Crippen LogP contribution in [0.1, 0.15) is 30.7 Å². The number of nitrogens with zero attached hydrogens (tertiary/aromatic N) is 4. The number of aromatic nitrogens is 3. The molecule has 0 radical (unpaired) electrons. The molecular formula is C23H28N4OS. The number of rotatable bonds is 9. The van der Waals surface area contributed by atoms with Crippen LogP contribution >= 0.6 is 11.8 Å². The van der Waals surface area contributed by atoms with Crippen LogP contribution in [-0.2, 0) is 6.54 Å². The van der Waals surface area contributed by atoms with Crippen LogP contribution in [0.5, 0.6) is 5.75 Å². The molecule has 152 valence electrons. The molecule has 0 atom stereocenters. The van der Waals surface area contributed by atoms with Crippen molar-refractivity contribution in [2.75, 3.05) is 25.4 Å². The Kier molecular flexibility index (Phi) is 6.85. The van der Waals surface area contributed by atoms with E-state index in [0.29, 0.717) is 6.61 Å². The summed E-state index contributed by atoms with van der Waals surface area (Å²) < 4.78 is 8.13. The van der Waals surface area contributed by atoms with Crippen LogP contribution < -0.4 is 4.74 Å². The molecule has 0 spiro atoms. The van der Waals surface area contributed by atoms with Gasteiger partial charge < -0.3 is 4.74 Å². The van der Waals surface area contributed by atoms with Gasteiger partial charge >= 0.3 is 0 Å². The van der Waals surface area contributed by atoms with Crippen molar-refractivity contribution in [1.82, 2.24) is 19.7 Å². The second-order valence-electron chi connectivity index (χ2n) is 7.37. The van der Waals surface area contributed by atoms with Gasteiger partial charge in [-0.05, 0) is 63.0 Å². The number of thioether (sulfide) groups is 1. The Hall–Kier alpha value is -2.31. The summed E-state index contributed by atoms with van der Waals surface area (Å²) in [6.45, 7) is 5.95. The molecule has 29 heavy (non-hydrogen) atoms. The molecule has 0 unspecified atom stereocenters. The summed E-state index contributed by atoms with van der Waals surface area (Å²) >= 11 is 1.75. The molecular weight excluding hydrogens is 380 g/mol. The fourth-order valence-electron chi connectivity index (χ4n) is 3.60. The highest BCUT2D eigenvalue weighted by Crippen LogP contribution is 2.24. The zero-order valence-electron chi connectivity index (χ0n) is 17.0. The Morgan fingerprint density at radius 2 is 1.72 bits per heavy atom. The van der Waals surface area contributed by atoms with E-state index in [4.69, 9.17) is 4.74 Å². The van der Waals surface area contributed by atoms with Gasteiger partial charge in [0, 0.05) is 11.4 Å². The van der Waals surface area contributed by atoms with Crippen LogP contribution in [0.2, 0.25) is 0 Å². The summed E-state index contributed by atoms with van der Waals surface area (Å²) in [5.74, 6) is 2.94. The van der Waals surface area contributed by atoms with Gasteiger partial charge in [0.15, 0.2) is 11.0 Å². The van der Waals surface area contributed by atoms with Crippen molar-refractivity contribution in [3.8, 4) is 11.4 Å². The maximum Gasteiger partial charge on any atom is 0.195 e. The lowest BCUT2D eigenvalue weighted by atomic mass is 10.2. The van der Waals surface area contributed by atoms with Crippen molar-refractivity contribution in [1.29, 1.82) is 0 Å². The van der Waals surface area contributed by atoms with Crippen LogP contribution in [0.3, 0.4) is 0 Å². The van der Waals surface area contributed by atoms with Gasteiger partial charge in [-0.1, -0.05) is 48.2 Å². The first-order chi connectivity index (χ1) is 14.3. The molecule has 2 heterocycles. The summed E-state index contributed by atoms with van der Waals surface area (Å²) in [5.41, 5.74) is 2.31. The Morgan fingerprint density at radius 3 is 2.52 bits per heavy atom. The van der Waals surface area contributed by atoms with E-state index in [1.807, 2.05) is 24.3 Å². The first kappa shape index (κ1) is 20.0. The first-order valence-corrected chi connectivity index (χ1v) is 11.3. The van der Waals surface area contributed by atoms with Crippen molar-refractivity contribution >= 4 is 11.8 Å². The Bertz CT molecular complexity index is 906. The van der Waals surface area contributed by atoms with E-state index in [1.165, 1.54) is 18.4 Å². The maximum absolute atomic E-state index is 5.92. The predicted octanol–water partition coefficient (Wildman–Crippen LogP) is 4.73. The second kappa shape index (κ2) is 9.94. The van der Waals surface area contributed by atoms with E-state index in [9.17, 15) is 0 Å². The average Bonchev–Trinajstić information content (AvgIpc) is 3.40. The quantitative estimate of drug-likeness (QED) is 0.378. The first-order valence-electron chi connectivity index (χ1n) is 10.3. The van der Waals surface area contributed by atoms with E-state index < -0.39 is 0 Å². The maximum atomic E-state index is 5.92. The highest BCUT2D eigenvalue weighted by Gasteiger charge is 2.19. The average molecular weight is 409 g/mol. The molecule has 6 heteroatoms. The second-order valence-corrected chi connectivity index (χ2v) is 8.43. The number of benzene rings is 2. The smallest absolute Gasteiger partial charge is 0.195 e. The fraction of sp³-hybridized carbons (Fsp3) is 0.391. The minimum absolute atomic E-state index is 0.706. The summed E-state index contributed by atoms with van der Waals surface area (Å²) in [5, 5.41) is 10.0. The third-order valence-corrected chi connectivity index (χ3v) is 6.16. The van der Waals surface area contributed by atoms with Crippen LogP contribution in [0, 0.1) is 6.92 Å². The van der Waals surface area contributed by atoms with Gasteiger partial charge in [-0.15, -0.1) is 10.2 Å². The lowest BCUT2D eigenvalue weighted by Crippen LogP contribution is -2.21. The molecule has 0 aliphatic carbocycles. The predicted molar refractivity (Wildman–Crippen MR) is 118 cm³/mol. The normalized spacial score (nSPS) is 14.4. The van der Waals surface area contributed by atoms with E-state index in [2.05, 4.69) is 56.9 Å². The summed E-state index contributed by atoms with van der Waals surface area (Å²) in [4.78, 5) is 2.47. The van der Waals surface area contributed by atoms with E-state index in [1.54, 1.807) is 11.8 Å². The number of para-hydroxylation sites is 2. The molecule has 0 bridgehead atoms. The standard InChI is InChI=1S/C23H28N4OS/c1-19-10-5-6-13-21(19)28-16-9-17-29-23-25-24-22(18-26-14-7-8-15-26)27(23)20-11-3-2-4-12-20/h2-6,10-13H,7-9,14-18H2,1H3. The van der Waals surface area contributed by atoms with Gasteiger partial charge in [0.1, 0.15) is 5.75 Å². The van der Waals surface area contributed by atoms with Crippen LogP contribution in [0.15, 0.2) is 59.8 Å². The van der Waals surface area contributed by atoms with Gasteiger partial charge in [0.2, 0.25) is 0 Å². The van der Waals surface area contributed by atoms with Crippen molar-refractivity contribution in [2.45, 2.75) is 37.9 Å². The molecule has 1 saturated heterocycles. The van der Waals surface area contributed by atoms with Gasteiger partial charge in [0.05, 0.1) is 13.2 Å². The number of hydrogen-bond donors (Lipinski definition) is 0. The lowest BCUT2D eigenvalue weighted by molar-refractivity contribution is 0.316. The van der Waals surface area contributed by atoms with Gasteiger partial charge in [-0.25, -0.2) is 0 Å². The molecule has 5 nitrogen and oxygen atoms in total. The molecule has 4 rings (SSSR count). The summed E-state index contributed by atoms with van der Waals surface area (Å²) in [6.07, 6.45) is 3.52. The summed E-state index contributed by atoms with van der Waals surface area (Å²) in [6, 6.07) is 18.6. The molecule has 0 amide bonds. The van der Waals surface area contributed by atoms with Gasteiger partial charge in [0.25, 0.3) is 0 Å². The lowest BCUT2D eigenvalue weighted by Gasteiger charge is -2.16. The van der Waals surface area contributed by atoms with Crippen molar-refractivity contribution < 1.29 is 4.74 Å². The number of aryl methyl sites for hydroxylation is 1. The van der Waals surface area contributed by atoms with Crippen molar-refractivity contribution in [3.05, 3.63) is 66.0 Å². The van der Waals surface area contributed by atoms with Crippen molar-refractivity contribution in [2.24, 2.45) is 0 Å². The largest absolute Gasteiger partial charge is 0.493 e. The minimum atomic E-state index is 0.706. The molecule has 2 aromatic carbocycles. The zero-order chi connectivity index (χ0) is 19.9. The molecule has 1 aliphatic rings. The molecule has 0 N–H and O–H groups in total. The highest BCUT2D eigenvalue weighted by atomic mass is 32.2. The van der Waals surface area contributed by atoms with E-state index in [-0.39, 0.29) is 0 Å². The summed E-state index contributed by atoms with van der Waals surface area (Å²) in [7, 11) is 0. The van der Waals surface area contributed by atoms with Crippen LogP contribution in [0.25, 0.3) is 5.69 Å². The van der Waals surface area contributed by atoms with Crippen LogP contribution in [-0.4, -0.2) is 45.1 Å². The van der Waals surface area contributed by atoms with Crippen molar-refractivity contribution in [3.63, 3.8) is 0 Å². The topological polar surface area (TPSA) is 43.2 Å². The minimum Gasteiger partial charge on any atom is -0.493 e. The third-order valence-electron chi connectivity index (χ3n) is 5.15. The van der Waals surface area contributed by atoms with E-state index >= 15 is 0 Å². The SMILES string of the molecule is Cc1ccccc1OCCCSc1nnc(CN2CCCC2)n1-c1ccccc1. The highest BCUT2D eigenvalue weighted by molar-refractivity contribution is 7.99. The molecule has 1 fully saturated rings. The monoisotopic (exact) mass is 408 g/mol. The molecule has 3 aromatic rings. The van der Waals surface area contributed by atoms with Crippen LogP contribution in [0.4, 0.5) is 0 Å². The molecule has 1 aliphatic heterocycles. The van der Waals surface area contributed by atoms with Gasteiger partial charge in [-0.2, -0.15) is 0 Å². The molecule has 0 saturated carbocycles. The fourth-order valence-corrected chi connectivity index (χ4v) is 4.48. The Labute approximate surface area is 177 Å². The number of ether oxygens (including phenoxy) is 1. The molecule has 1 aromatic heterocycles. The van der Waals surface area contributed by atoms with E-state index in [0.717, 1.165) is 54.2 Å².